The average Bonchev–Trinajstić information content (AvgIpc) is 2.79. The van der Waals surface area contributed by atoms with Crippen LogP contribution in [0.15, 0.2) is 36.5 Å². The van der Waals surface area contributed by atoms with Crippen LogP contribution in [0, 0.1) is 0 Å². The highest BCUT2D eigenvalue weighted by Gasteiger charge is 2.37. The van der Waals surface area contributed by atoms with Crippen LogP contribution in [0.2, 0.25) is 0 Å². The third-order valence-electron chi connectivity index (χ3n) is 6.35. The van der Waals surface area contributed by atoms with Gasteiger partial charge in [0, 0.05) is 50.7 Å². The van der Waals surface area contributed by atoms with Gasteiger partial charge in [0.25, 0.3) is 5.91 Å². The minimum Gasteiger partial charge on any atom is -0.481 e. The molecule has 1 aliphatic carbocycles. The fraction of sp³-hybridized carbons (Fsp3) is 0.522. The van der Waals surface area contributed by atoms with Crippen LogP contribution < -0.4 is 10.1 Å². The summed E-state index contributed by atoms with van der Waals surface area (Å²) in [7, 11) is 0. The smallest absolute Gasteiger partial charge is 0.258 e. The zero-order chi connectivity index (χ0) is 21.8. The number of para-hydroxylation sites is 1. The number of nitrogens with one attached hydrogen (secondary N) is 1. The Bertz CT molecular complexity index is 923. The number of piperazine rings is 1. The Kier molecular flexibility index (Phi) is 6.67. The van der Waals surface area contributed by atoms with Gasteiger partial charge in [0.2, 0.25) is 5.91 Å². The Morgan fingerprint density at radius 3 is 2.71 bits per heavy atom. The van der Waals surface area contributed by atoms with E-state index in [1.54, 1.807) is 19.2 Å². The van der Waals surface area contributed by atoms with Gasteiger partial charge in [-0.1, -0.05) is 18.2 Å². The number of carbonyl (C=O) groups excluding carboxylic acids is 2. The standard InChI is InChI=1S/C23H30N4O4/c1-16(28)26-11-13-27(14-12-26)19-8-3-7-18(23(19)30)25-21(29)15-31-20-9-2-5-17-6-4-10-24-22(17)20/h2,4-6,9-10,18-19,23,30H,3,7-8,11-15H2,1H3,(H,25,29)/t18-,19-,23-/m1/s1. The number of hydrogen-bond acceptors (Lipinski definition) is 6. The fourth-order valence-corrected chi connectivity index (χ4v) is 4.67. The van der Waals surface area contributed by atoms with Crippen molar-refractivity contribution in [2.24, 2.45) is 0 Å². The molecule has 31 heavy (non-hydrogen) atoms. The molecule has 2 aromatic rings. The molecule has 8 heteroatoms. The molecule has 3 atom stereocenters. The van der Waals surface area contributed by atoms with Gasteiger partial charge in [-0.25, -0.2) is 0 Å². The molecule has 0 unspecified atom stereocenters. The Labute approximate surface area is 182 Å². The predicted octanol–water partition coefficient (Wildman–Crippen LogP) is 1.18. The van der Waals surface area contributed by atoms with Crippen LogP contribution in [0.5, 0.6) is 5.75 Å². The normalized spacial score (nSPS) is 24.7. The molecule has 1 aromatic carbocycles. The lowest BCUT2D eigenvalue weighted by molar-refractivity contribution is -0.132. The van der Waals surface area contributed by atoms with Gasteiger partial charge >= 0.3 is 0 Å². The van der Waals surface area contributed by atoms with Crippen molar-refractivity contribution >= 4 is 22.7 Å². The number of nitrogens with zero attached hydrogens (tertiary/aromatic N) is 3. The Morgan fingerprint density at radius 1 is 1.16 bits per heavy atom. The maximum atomic E-state index is 12.5. The van der Waals surface area contributed by atoms with E-state index in [9.17, 15) is 14.7 Å². The Hall–Kier alpha value is -2.71. The summed E-state index contributed by atoms with van der Waals surface area (Å²) in [4.78, 5) is 32.5. The van der Waals surface area contributed by atoms with E-state index in [1.165, 1.54) is 0 Å². The fourth-order valence-electron chi connectivity index (χ4n) is 4.67. The van der Waals surface area contributed by atoms with Gasteiger partial charge in [0.1, 0.15) is 11.3 Å². The second-order valence-electron chi connectivity index (χ2n) is 8.32. The van der Waals surface area contributed by atoms with Gasteiger partial charge in [-0.05, 0) is 31.4 Å². The predicted molar refractivity (Wildman–Crippen MR) is 117 cm³/mol. The van der Waals surface area contributed by atoms with E-state index >= 15 is 0 Å². The summed E-state index contributed by atoms with van der Waals surface area (Å²) in [6, 6.07) is 9.13. The molecule has 0 radical (unpaired) electrons. The first-order valence-electron chi connectivity index (χ1n) is 11.0. The molecule has 1 saturated heterocycles. The van der Waals surface area contributed by atoms with Crippen LogP contribution in [0.3, 0.4) is 0 Å². The maximum absolute atomic E-state index is 12.5. The number of rotatable bonds is 5. The summed E-state index contributed by atoms with van der Waals surface area (Å²) >= 11 is 0. The largest absolute Gasteiger partial charge is 0.481 e. The first-order valence-corrected chi connectivity index (χ1v) is 11.0. The van der Waals surface area contributed by atoms with Crippen molar-refractivity contribution in [2.75, 3.05) is 32.8 Å². The van der Waals surface area contributed by atoms with Crippen molar-refractivity contribution in [3.05, 3.63) is 36.5 Å². The monoisotopic (exact) mass is 426 g/mol. The molecular formula is C23H30N4O4. The van der Waals surface area contributed by atoms with Crippen LogP contribution in [-0.4, -0.2) is 82.7 Å². The van der Waals surface area contributed by atoms with E-state index in [1.807, 2.05) is 29.2 Å². The molecule has 1 aliphatic heterocycles. The number of aliphatic hydroxyl groups is 1. The highest BCUT2D eigenvalue weighted by atomic mass is 16.5. The van der Waals surface area contributed by atoms with E-state index in [-0.39, 0.29) is 30.5 Å². The van der Waals surface area contributed by atoms with Crippen LogP contribution >= 0.6 is 0 Å². The van der Waals surface area contributed by atoms with E-state index in [4.69, 9.17) is 4.74 Å². The second-order valence-corrected chi connectivity index (χ2v) is 8.32. The molecule has 0 bridgehead atoms. The van der Waals surface area contributed by atoms with Crippen molar-refractivity contribution in [2.45, 2.75) is 44.4 Å². The summed E-state index contributed by atoms with van der Waals surface area (Å²) in [5, 5.41) is 14.9. The number of benzene rings is 1. The highest BCUT2D eigenvalue weighted by Crippen LogP contribution is 2.26. The first-order chi connectivity index (χ1) is 15.0. The third-order valence-corrected chi connectivity index (χ3v) is 6.35. The van der Waals surface area contributed by atoms with Crippen LogP contribution in [0.25, 0.3) is 10.9 Å². The number of amides is 2. The van der Waals surface area contributed by atoms with Crippen LogP contribution in [0.1, 0.15) is 26.2 Å². The van der Waals surface area contributed by atoms with Crippen LogP contribution in [0.4, 0.5) is 0 Å². The molecule has 2 N–H and O–H groups in total. The van der Waals surface area contributed by atoms with Gasteiger partial charge in [0.05, 0.1) is 12.1 Å². The number of hydrogen-bond donors (Lipinski definition) is 2. The van der Waals surface area contributed by atoms with E-state index < -0.39 is 6.10 Å². The minimum atomic E-state index is -0.638. The number of fused-ring (bicyclic) bond motifs is 1. The summed E-state index contributed by atoms with van der Waals surface area (Å²) in [5.41, 5.74) is 0.722. The number of aromatic nitrogens is 1. The highest BCUT2D eigenvalue weighted by molar-refractivity contribution is 5.85. The van der Waals surface area contributed by atoms with Gasteiger partial charge < -0.3 is 20.1 Å². The lowest BCUT2D eigenvalue weighted by atomic mass is 9.86. The molecule has 2 aliphatic rings. The maximum Gasteiger partial charge on any atom is 0.258 e. The van der Waals surface area contributed by atoms with E-state index in [2.05, 4.69) is 15.2 Å². The van der Waals surface area contributed by atoms with Crippen molar-refractivity contribution in [1.29, 1.82) is 0 Å². The van der Waals surface area contributed by atoms with Gasteiger partial charge in [-0.2, -0.15) is 0 Å². The van der Waals surface area contributed by atoms with Gasteiger partial charge in [0.15, 0.2) is 6.61 Å². The summed E-state index contributed by atoms with van der Waals surface area (Å²) in [6.07, 6.45) is 3.64. The molecule has 1 aromatic heterocycles. The minimum absolute atomic E-state index is 0.00339. The molecule has 2 heterocycles. The number of pyridine rings is 1. The quantitative estimate of drug-likeness (QED) is 0.746. The molecule has 4 rings (SSSR count). The molecule has 0 spiro atoms. The number of ether oxygens (including phenoxy) is 1. The van der Waals surface area contributed by atoms with Crippen LogP contribution in [-0.2, 0) is 9.59 Å². The van der Waals surface area contributed by atoms with Crippen molar-refractivity contribution in [3.63, 3.8) is 0 Å². The SMILES string of the molecule is CC(=O)N1CCN([C@@H]2CCC[C@@H](NC(=O)COc3cccc4cccnc34)[C@H]2O)CC1. The molecule has 1 saturated carbocycles. The second kappa shape index (κ2) is 9.62. The molecular weight excluding hydrogens is 396 g/mol. The molecule has 166 valence electrons. The summed E-state index contributed by atoms with van der Waals surface area (Å²) in [5.74, 6) is 0.410. The van der Waals surface area contributed by atoms with Crippen molar-refractivity contribution in [3.8, 4) is 5.75 Å². The lowest BCUT2D eigenvalue weighted by Crippen LogP contribution is -2.60. The van der Waals surface area contributed by atoms with Crippen molar-refractivity contribution < 1.29 is 19.4 Å². The van der Waals surface area contributed by atoms with Gasteiger partial charge in [-0.3, -0.25) is 19.5 Å². The topological polar surface area (TPSA) is 95.0 Å². The lowest BCUT2D eigenvalue weighted by Gasteiger charge is -2.45. The molecule has 2 fully saturated rings. The zero-order valence-electron chi connectivity index (χ0n) is 17.9. The average molecular weight is 427 g/mol. The summed E-state index contributed by atoms with van der Waals surface area (Å²) in [6.45, 7) is 4.33. The first kappa shape index (κ1) is 21.5. The van der Waals surface area contributed by atoms with Gasteiger partial charge in [-0.15, -0.1) is 0 Å². The number of carbonyl (C=O) groups is 2. The van der Waals surface area contributed by atoms with E-state index in [0.29, 0.717) is 18.8 Å². The zero-order valence-corrected chi connectivity index (χ0v) is 17.9. The van der Waals surface area contributed by atoms with Crippen molar-refractivity contribution in [1.82, 2.24) is 20.1 Å². The number of aliphatic hydroxyl groups excluding tert-OH is 1. The third kappa shape index (κ3) is 4.97. The van der Waals surface area contributed by atoms with E-state index in [0.717, 1.165) is 43.3 Å². The molecule has 2 amide bonds. The molecule has 8 nitrogen and oxygen atoms in total. The summed E-state index contributed by atoms with van der Waals surface area (Å²) < 4.78 is 5.73. The Morgan fingerprint density at radius 2 is 1.94 bits per heavy atom. The Balaban J connectivity index is 1.31.